The molecule has 0 aromatic heterocycles. The quantitative estimate of drug-likeness (QED) is 0.0266. The molecule has 0 heterocycles. The van der Waals surface area contributed by atoms with E-state index in [0.29, 0.717) is 11.1 Å². The number of carboxylic acids is 1. The number of aromatic hydroxyl groups is 2. The van der Waals surface area contributed by atoms with Crippen molar-refractivity contribution in [2.45, 2.75) is 87.9 Å². The third-order valence-corrected chi connectivity index (χ3v) is 8.74. The van der Waals surface area contributed by atoms with Crippen LogP contribution in [0.1, 0.15) is 37.8 Å². The second kappa shape index (κ2) is 24.4. The normalized spacial score (nSPS) is 14.9. The fourth-order valence-electron chi connectivity index (χ4n) is 5.35. The number of aliphatic carboxylic acids is 1. The van der Waals surface area contributed by atoms with Crippen LogP contribution in [0.5, 0.6) is 11.5 Å². The molecule has 0 radical (unpaired) electrons. The number of carboxylic acid groups (broad SMARTS) is 1. The summed E-state index contributed by atoms with van der Waals surface area (Å²) >= 11 is 0. The number of nitrogens with two attached hydrogens (primary N) is 3. The van der Waals surface area contributed by atoms with Gasteiger partial charge in [0.25, 0.3) is 0 Å². The number of carbonyl (C=O) groups excluding carboxylic acids is 6. The predicted octanol–water partition coefficient (Wildman–Crippen LogP) is -5.36. The Bertz CT molecular complexity index is 1810. The van der Waals surface area contributed by atoms with Crippen LogP contribution < -0.4 is 49.1 Å². The number of benzene rings is 2. The molecule has 0 aliphatic carbocycles. The van der Waals surface area contributed by atoms with E-state index in [4.69, 9.17) is 22.3 Å². The molecule has 60 heavy (non-hydrogen) atoms. The zero-order valence-electron chi connectivity index (χ0n) is 32.9. The minimum absolute atomic E-state index is 0.00947. The number of phenolic OH excluding ortho intramolecular Hbond substituents is 2. The third kappa shape index (κ3) is 16.7. The van der Waals surface area contributed by atoms with Gasteiger partial charge in [0, 0.05) is 19.4 Å². The van der Waals surface area contributed by atoms with Crippen LogP contribution in [0.2, 0.25) is 0 Å². The number of aliphatic hydroxyl groups is 3. The maximum absolute atomic E-state index is 14.1. The summed E-state index contributed by atoms with van der Waals surface area (Å²) in [4.78, 5) is 95.5. The predicted molar refractivity (Wildman–Crippen MR) is 212 cm³/mol. The maximum Gasteiger partial charge on any atom is 0.328 e. The number of carbonyl (C=O) groups is 7. The zero-order chi connectivity index (χ0) is 45.1. The Hall–Kier alpha value is -6.56. The second-order valence-electron chi connectivity index (χ2n) is 13.7. The number of hydrogen-bond donors (Lipinski definition) is 15. The van der Waals surface area contributed by atoms with Gasteiger partial charge in [0.1, 0.15) is 47.8 Å². The number of hydrogen-bond acceptors (Lipinski definition) is 14. The summed E-state index contributed by atoms with van der Waals surface area (Å²) < 4.78 is 0. The van der Waals surface area contributed by atoms with E-state index in [-0.39, 0.29) is 49.7 Å². The van der Waals surface area contributed by atoms with Gasteiger partial charge in [0.05, 0.1) is 19.3 Å². The summed E-state index contributed by atoms with van der Waals surface area (Å²) in [5, 5.41) is 72.4. The Labute approximate surface area is 344 Å². The van der Waals surface area contributed by atoms with E-state index >= 15 is 0 Å². The molecule has 0 spiro atoms. The Kier molecular flexibility index (Phi) is 20.1. The number of nitrogens with one attached hydrogen (secondary N) is 6. The maximum atomic E-state index is 14.1. The van der Waals surface area contributed by atoms with Crippen LogP contribution in [0.3, 0.4) is 0 Å². The summed E-state index contributed by atoms with van der Waals surface area (Å²) in [6, 6.07) is 0.462. The van der Waals surface area contributed by atoms with Gasteiger partial charge in [-0.25, -0.2) is 4.79 Å². The number of nitrogens with zero attached hydrogens (tertiary/aromatic N) is 1. The molecule has 23 heteroatoms. The van der Waals surface area contributed by atoms with Gasteiger partial charge in [-0.1, -0.05) is 24.3 Å². The Morgan fingerprint density at radius 1 is 0.617 bits per heavy atom. The molecule has 330 valence electrons. The molecule has 0 saturated heterocycles. The van der Waals surface area contributed by atoms with Crippen molar-refractivity contribution in [2.75, 3.05) is 19.8 Å². The minimum Gasteiger partial charge on any atom is -0.508 e. The first-order valence-corrected chi connectivity index (χ1v) is 18.6. The van der Waals surface area contributed by atoms with Gasteiger partial charge < -0.3 is 79.7 Å². The van der Waals surface area contributed by atoms with E-state index in [2.05, 4.69) is 36.9 Å². The van der Waals surface area contributed by atoms with Crippen molar-refractivity contribution in [1.82, 2.24) is 31.9 Å². The van der Waals surface area contributed by atoms with Crippen molar-refractivity contribution < 1.29 is 64.2 Å². The van der Waals surface area contributed by atoms with E-state index in [1.165, 1.54) is 55.5 Å². The smallest absolute Gasteiger partial charge is 0.328 e. The van der Waals surface area contributed by atoms with Crippen LogP contribution in [0, 0.1) is 0 Å². The van der Waals surface area contributed by atoms with Gasteiger partial charge in [-0.2, -0.15) is 0 Å². The molecule has 2 rings (SSSR count). The molecule has 0 aliphatic rings. The first-order valence-electron chi connectivity index (χ1n) is 18.6. The molecule has 2 aromatic rings. The van der Waals surface area contributed by atoms with E-state index in [1.807, 2.05) is 0 Å². The van der Waals surface area contributed by atoms with Crippen LogP contribution in [0.15, 0.2) is 53.5 Å². The SMILES string of the molecule is CC(NC(=O)C(N)CO)C(=O)NC(CO)C(=O)NC(Cc1ccc(O)cc1)C(=O)NC(CCCN=C(N)N)C(=O)NC(Cc1ccc(O)cc1)C(=O)NC(C(=O)O)C(C)O. The van der Waals surface area contributed by atoms with Crippen LogP contribution in [0.4, 0.5) is 0 Å². The fraction of sp³-hybridized carbons (Fsp3) is 0.459. The first kappa shape index (κ1) is 49.6. The molecule has 6 amide bonds. The lowest BCUT2D eigenvalue weighted by atomic mass is 10.0. The van der Waals surface area contributed by atoms with Crippen LogP contribution in [0.25, 0.3) is 0 Å². The molecular formula is C37H54N10O13. The second-order valence-corrected chi connectivity index (χ2v) is 13.7. The summed E-state index contributed by atoms with van der Waals surface area (Å²) in [5.41, 5.74) is 17.1. The third-order valence-electron chi connectivity index (χ3n) is 8.74. The van der Waals surface area contributed by atoms with Gasteiger partial charge in [-0.15, -0.1) is 0 Å². The summed E-state index contributed by atoms with van der Waals surface area (Å²) in [6.07, 6.45) is -2.13. The Balaban J connectivity index is 2.45. The molecule has 0 aliphatic heterocycles. The molecule has 2 aromatic carbocycles. The highest BCUT2D eigenvalue weighted by atomic mass is 16.4. The van der Waals surface area contributed by atoms with Gasteiger partial charge >= 0.3 is 5.97 Å². The molecular weight excluding hydrogens is 792 g/mol. The molecule has 8 atom stereocenters. The number of guanidine groups is 1. The van der Waals surface area contributed by atoms with E-state index in [1.54, 1.807) is 0 Å². The lowest BCUT2D eigenvalue weighted by molar-refractivity contribution is -0.145. The number of phenols is 2. The van der Waals surface area contributed by atoms with Gasteiger partial charge in [-0.05, 0) is 62.1 Å². The van der Waals surface area contributed by atoms with Crippen molar-refractivity contribution in [3.8, 4) is 11.5 Å². The van der Waals surface area contributed by atoms with Crippen molar-refractivity contribution in [2.24, 2.45) is 22.2 Å². The molecule has 8 unspecified atom stereocenters. The van der Waals surface area contributed by atoms with E-state index < -0.39 is 103 Å². The highest BCUT2D eigenvalue weighted by Gasteiger charge is 2.34. The van der Waals surface area contributed by atoms with Crippen LogP contribution in [-0.4, -0.2) is 146 Å². The Morgan fingerprint density at radius 2 is 1.05 bits per heavy atom. The monoisotopic (exact) mass is 846 g/mol. The minimum atomic E-state index is -1.77. The van der Waals surface area contributed by atoms with Crippen LogP contribution in [-0.2, 0) is 46.4 Å². The summed E-state index contributed by atoms with van der Waals surface area (Å²) in [6.45, 7) is 0.693. The number of aliphatic hydroxyl groups excluding tert-OH is 3. The average molecular weight is 847 g/mol. The van der Waals surface area contributed by atoms with Gasteiger partial charge in [0.15, 0.2) is 12.0 Å². The molecule has 0 fully saturated rings. The van der Waals surface area contributed by atoms with E-state index in [9.17, 15) is 59.1 Å². The topological polar surface area (TPSA) is 403 Å². The van der Waals surface area contributed by atoms with Crippen LogP contribution >= 0.6 is 0 Å². The van der Waals surface area contributed by atoms with Crippen molar-refractivity contribution in [3.63, 3.8) is 0 Å². The van der Waals surface area contributed by atoms with Gasteiger partial charge in [-0.3, -0.25) is 33.8 Å². The zero-order valence-corrected chi connectivity index (χ0v) is 32.9. The number of amides is 6. The van der Waals surface area contributed by atoms with Crippen molar-refractivity contribution in [3.05, 3.63) is 59.7 Å². The standard InChI is InChI=1S/C37H54N10O13/c1-18(42-31(54)24(38)16-48)30(53)46-28(17-49)35(58)45-26(14-20-5-9-22(51)10-6-20)33(56)43-25(4-3-13-41-37(39)40)32(55)44-27(15-21-7-11-23(52)12-8-21)34(57)47-29(19(2)50)36(59)60/h5-12,18-19,24-29,48-52H,3-4,13-17,38H2,1-2H3,(H,42,54)(H,43,56)(H,44,55)(H,45,58)(H,46,53)(H,47,57)(H,59,60)(H4,39,40,41). The molecule has 18 N–H and O–H groups in total. The van der Waals surface area contributed by atoms with Crippen molar-refractivity contribution >= 4 is 47.4 Å². The Morgan fingerprint density at radius 3 is 1.48 bits per heavy atom. The highest BCUT2D eigenvalue weighted by Crippen LogP contribution is 2.14. The van der Waals surface area contributed by atoms with Crippen molar-refractivity contribution in [1.29, 1.82) is 0 Å². The summed E-state index contributed by atoms with van der Waals surface area (Å²) in [7, 11) is 0. The summed E-state index contributed by atoms with van der Waals surface area (Å²) in [5.74, 6) is -7.86. The lowest BCUT2D eigenvalue weighted by Gasteiger charge is -2.27. The molecule has 0 saturated carbocycles. The molecule has 0 bridgehead atoms. The molecule has 23 nitrogen and oxygen atoms in total. The lowest BCUT2D eigenvalue weighted by Crippen LogP contribution is -2.61. The highest BCUT2D eigenvalue weighted by molar-refractivity contribution is 5.97. The van der Waals surface area contributed by atoms with Gasteiger partial charge in [0.2, 0.25) is 35.4 Å². The number of aliphatic imine (C=N–C) groups is 1. The van der Waals surface area contributed by atoms with E-state index in [0.717, 1.165) is 6.92 Å². The fourth-order valence-corrected chi connectivity index (χ4v) is 5.35. The average Bonchev–Trinajstić information content (AvgIpc) is 3.19. The first-order chi connectivity index (χ1) is 28.2. The largest absolute Gasteiger partial charge is 0.508 e. The number of rotatable bonds is 24.